The van der Waals surface area contributed by atoms with Crippen molar-refractivity contribution >= 4 is 22.2 Å². The van der Waals surface area contributed by atoms with Crippen molar-refractivity contribution in [3.05, 3.63) is 27.1 Å². The smallest absolute Gasteiger partial charge is 0.324 e. The van der Waals surface area contributed by atoms with Gasteiger partial charge in [0.2, 0.25) is 0 Å². The third kappa shape index (κ3) is 3.79. The SMILES string of the molecule is CC(C)C(N)CNC(=O)c1ccc([N+](=O)[O-])s1. The van der Waals surface area contributed by atoms with Crippen molar-refractivity contribution < 1.29 is 9.72 Å². The van der Waals surface area contributed by atoms with E-state index in [9.17, 15) is 14.9 Å². The van der Waals surface area contributed by atoms with E-state index in [1.807, 2.05) is 13.8 Å². The Hall–Kier alpha value is -1.47. The lowest BCUT2D eigenvalue weighted by Gasteiger charge is -2.15. The Morgan fingerprint density at radius 3 is 2.71 bits per heavy atom. The summed E-state index contributed by atoms with van der Waals surface area (Å²) in [6, 6.07) is 2.65. The number of carbonyl (C=O) groups excluding carboxylic acids is 1. The zero-order valence-corrected chi connectivity index (χ0v) is 10.5. The maximum absolute atomic E-state index is 11.6. The molecule has 94 valence electrons. The highest BCUT2D eigenvalue weighted by molar-refractivity contribution is 7.17. The Morgan fingerprint density at radius 1 is 1.59 bits per heavy atom. The molecular weight excluding hydrogens is 242 g/mol. The first kappa shape index (κ1) is 13.6. The summed E-state index contributed by atoms with van der Waals surface area (Å²) in [4.78, 5) is 21.9. The molecule has 1 rings (SSSR count). The molecule has 1 aromatic rings. The molecule has 0 aliphatic rings. The number of thiophene rings is 1. The highest BCUT2D eigenvalue weighted by Crippen LogP contribution is 2.23. The van der Waals surface area contributed by atoms with E-state index in [1.165, 1.54) is 12.1 Å². The number of rotatable bonds is 5. The number of amides is 1. The van der Waals surface area contributed by atoms with E-state index in [2.05, 4.69) is 5.32 Å². The molecule has 1 amide bonds. The maximum atomic E-state index is 11.6. The van der Waals surface area contributed by atoms with Gasteiger partial charge in [0, 0.05) is 18.7 Å². The van der Waals surface area contributed by atoms with E-state index >= 15 is 0 Å². The maximum Gasteiger partial charge on any atom is 0.324 e. The van der Waals surface area contributed by atoms with Crippen LogP contribution >= 0.6 is 11.3 Å². The minimum absolute atomic E-state index is 0.0386. The third-order valence-electron chi connectivity index (χ3n) is 2.35. The molecular formula is C10H15N3O3S. The molecule has 7 heteroatoms. The molecule has 0 saturated heterocycles. The van der Waals surface area contributed by atoms with Crippen molar-refractivity contribution in [2.75, 3.05) is 6.54 Å². The first-order valence-electron chi connectivity index (χ1n) is 5.19. The van der Waals surface area contributed by atoms with Gasteiger partial charge in [-0.3, -0.25) is 14.9 Å². The van der Waals surface area contributed by atoms with Crippen molar-refractivity contribution in [3.8, 4) is 0 Å². The van der Waals surface area contributed by atoms with Crippen molar-refractivity contribution in [3.63, 3.8) is 0 Å². The van der Waals surface area contributed by atoms with Gasteiger partial charge in [-0.15, -0.1) is 0 Å². The molecule has 1 heterocycles. The zero-order valence-electron chi connectivity index (χ0n) is 9.67. The second-order valence-corrected chi connectivity index (χ2v) is 5.08. The largest absolute Gasteiger partial charge is 0.350 e. The number of nitrogens with one attached hydrogen (secondary N) is 1. The number of nitrogens with zero attached hydrogens (tertiary/aromatic N) is 1. The quantitative estimate of drug-likeness (QED) is 0.614. The van der Waals surface area contributed by atoms with E-state index in [0.29, 0.717) is 11.4 Å². The van der Waals surface area contributed by atoms with Gasteiger partial charge >= 0.3 is 5.00 Å². The first-order valence-corrected chi connectivity index (χ1v) is 6.01. The minimum Gasteiger partial charge on any atom is -0.350 e. The molecule has 0 bridgehead atoms. The topological polar surface area (TPSA) is 98.3 Å². The highest BCUT2D eigenvalue weighted by Gasteiger charge is 2.16. The molecule has 0 saturated carbocycles. The Bertz CT molecular complexity index is 417. The van der Waals surface area contributed by atoms with Crippen LogP contribution in [0.5, 0.6) is 0 Å². The lowest BCUT2D eigenvalue weighted by Crippen LogP contribution is -2.40. The van der Waals surface area contributed by atoms with Gasteiger partial charge in [0.25, 0.3) is 5.91 Å². The summed E-state index contributed by atoms with van der Waals surface area (Å²) in [5.41, 5.74) is 5.78. The molecule has 0 spiro atoms. The van der Waals surface area contributed by atoms with Crippen LogP contribution in [0.4, 0.5) is 5.00 Å². The van der Waals surface area contributed by atoms with E-state index in [0.717, 1.165) is 11.3 Å². The molecule has 0 aliphatic carbocycles. The van der Waals surface area contributed by atoms with Gasteiger partial charge in [0.15, 0.2) is 0 Å². The lowest BCUT2D eigenvalue weighted by atomic mass is 10.1. The fourth-order valence-electron chi connectivity index (χ4n) is 1.08. The number of nitrogens with two attached hydrogens (primary N) is 1. The number of nitro groups is 1. The van der Waals surface area contributed by atoms with Crippen LogP contribution in [0.1, 0.15) is 23.5 Å². The average Bonchev–Trinajstić information content (AvgIpc) is 2.74. The molecule has 0 aromatic carbocycles. The van der Waals surface area contributed by atoms with Crippen LogP contribution in [0.25, 0.3) is 0 Å². The number of carbonyl (C=O) groups is 1. The lowest BCUT2D eigenvalue weighted by molar-refractivity contribution is -0.380. The Labute approximate surface area is 103 Å². The summed E-state index contributed by atoms with van der Waals surface area (Å²) >= 11 is 0.857. The predicted molar refractivity (Wildman–Crippen MR) is 66.1 cm³/mol. The van der Waals surface area contributed by atoms with Gasteiger partial charge in [-0.1, -0.05) is 25.2 Å². The van der Waals surface area contributed by atoms with Gasteiger partial charge in [-0.25, -0.2) is 0 Å². The minimum atomic E-state index is -0.513. The van der Waals surface area contributed by atoms with Crippen LogP contribution in [-0.4, -0.2) is 23.4 Å². The van der Waals surface area contributed by atoms with Crippen molar-refractivity contribution in [1.82, 2.24) is 5.32 Å². The van der Waals surface area contributed by atoms with E-state index in [1.54, 1.807) is 0 Å². The van der Waals surface area contributed by atoms with Crippen molar-refractivity contribution in [2.45, 2.75) is 19.9 Å². The fraction of sp³-hybridized carbons (Fsp3) is 0.500. The van der Waals surface area contributed by atoms with E-state index in [4.69, 9.17) is 5.73 Å². The normalized spacial score (nSPS) is 12.5. The van der Waals surface area contributed by atoms with Gasteiger partial charge in [0.1, 0.15) is 0 Å². The van der Waals surface area contributed by atoms with Crippen LogP contribution in [-0.2, 0) is 0 Å². The first-order chi connectivity index (χ1) is 7.91. The number of hydrogen-bond donors (Lipinski definition) is 2. The Kier molecular flexibility index (Phi) is 4.59. The highest BCUT2D eigenvalue weighted by atomic mass is 32.1. The number of hydrogen-bond acceptors (Lipinski definition) is 5. The van der Waals surface area contributed by atoms with Crippen LogP contribution in [0, 0.1) is 16.0 Å². The van der Waals surface area contributed by atoms with Crippen molar-refractivity contribution in [1.29, 1.82) is 0 Å². The molecule has 0 fully saturated rings. The molecule has 17 heavy (non-hydrogen) atoms. The van der Waals surface area contributed by atoms with Crippen LogP contribution in [0.15, 0.2) is 12.1 Å². The standard InChI is InChI=1S/C10H15N3O3S/c1-6(2)7(11)5-12-10(14)8-3-4-9(17-8)13(15)16/h3-4,6-7H,5,11H2,1-2H3,(H,12,14). The Morgan fingerprint density at radius 2 is 2.24 bits per heavy atom. The summed E-state index contributed by atoms with van der Waals surface area (Å²) < 4.78 is 0. The van der Waals surface area contributed by atoms with E-state index < -0.39 is 4.92 Å². The summed E-state index contributed by atoms with van der Waals surface area (Å²) in [5, 5.41) is 13.1. The molecule has 0 radical (unpaired) electrons. The van der Waals surface area contributed by atoms with E-state index in [-0.39, 0.29) is 22.9 Å². The molecule has 6 nitrogen and oxygen atoms in total. The van der Waals surface area contributed by atoms with Gasteiger partial charge in [-0.2, -0.15) is 0 Å². The van der Waals surface area contributed by atoms with Gasteiger partial charge in [0.05, 0.1) is 9.80 Å². The molecule has 1 aromatic heterocycles. The zero-order chi connectivity index (χ0) is 13.0. The summed E-state index contributed by atoms with van der Waals surface area (Å²) in [6.07, 6.45) is 0. The summed E-state index contributed by atoms with van der Waals surface area (Å²) in [6.45, 7) is 4.29. The fourth-order valence-corrected chi connectivity index (χ4v) is 1.82. The van der Waals surface area contributed by atoms with Crippen molar-refractivity contribution in [2.24, 2.45) is 11.7 Å². The summed E-state index contributed by atoms with van der Waals surface area (Å²) in [7, 11) is 0. The summed E-state index contributed by atoms with van der Waals surface area (Å²) in [5.74, 6) is -0.0489. The molecule has 1 atom stereocenters. The average molecular weight is 257 g/mol. The molecule has 3 N–H and O–H groups in total. The second kappa shape index (κ2) is 5.74. The second-order valence-electron chi connectivity index (χ2n) is 4.01. The third-order valence-corrected chi connectivity index (χ3v) is 3.39. The molecule has 1 unspecified atom stereocenters. The van der Waals surface area contributed by atoms with Crippen LogP contribution < -0.4 is 11.1 Å². The monoisotopic (exact) mass is 257 g/mol. The Balaban J connectivity index is 2.55. The van der Waals surface area contributed by atoms with Crippen LogP contribution in [0.3, 0.4) is 0 Å². The van der Waals surface area contributed by atoms with Gasteiger partial charge < -0.3 is 11.1 Å². The predicted octanol–water partition coefficient (Wildman–Crippen LogP) is 1.37. The molecule has 0 aliphatic heterocycles. The van der Waals surface area contributed by atoms with Gasteiger partial charge in [-0.05, 0) is 12.0 Å². The van der Waals surface area contributed by atoms with Crippen LogP contribution in [0.2, 0.25) is 0 Å².